The maximum absolute atomic E-state index is 12.4. The molecule has 1 aliphatic rings. The van der Waals surface area contributed by atoms with Crippen LogP contribution in [0.2, 0.25) is 0 Å². The van der Waals surface area contributed by atoms with Crippen LogP contribution in [0.1, 0.15) is 65.5 Å². The Labute approximate surface area is 132 Å². The highest BCUT2D eigenvalue weighted by molar-refractivity contribution is 5.93. The van der Waals surface area contributed by atoms with Crippen molar-refractivity contribution in [2.75, 3.05) is 11.9 Å². The van der Waals surface area contributed by atoms with Gasteiger partial charge >= 0.3 is 0 Å². The van der Waals surface area contributed by atoms with Crippen molar-refractivity contribution < 1.29 is 14.4 Å². The highest BCUT2D eigenvalue weighted by Crippen LogP contribution is 2.35. The summed E-state index contributed by atoms with van der Waals surface area (Å²) in [6, 6.07) is 1.69. The summed E-state index contributed by atoms with van der Waals surface area (Å²) in [5, 5.41) is 16.1. The molecule has 1 heterocycles. The lowest BCUT2D eigenvalue weighted by Gasteiger charge is -2.30. The van der Waals surface area contributed by atoms with E-state index < -0.39 is 10.8 Å². The minimum absolute atomic E-state index is 0.0280. The van der Waals surface area contributed by atoms with E-state index in [1.165, 1.54) is 19.3 Å². The maximum atomic E-state index is 12.4. The van der Waals surface area contributed by atoms with Gasteiger partial charge in [-0.25, -0.2) is 0 Å². The lowest BCUT2D eigenvalue weighted by atomic mass is 9.76. The molecule has 0 atom stereocenters. The number of aromatic nitrogens is 1. The number of hydrogen-bond donors (Lipinski definition) is 2. The molecule has 1 aliphatic carbocycles. The first-order valence-corrected chi connectivity index (χ1v) is 8.14. The Balaban J connectivity index is 1.92. The van der Waals surface area contributed by atoms with E-state index in [9.17, 15) is 9.90 Å². The number of aliphatic hydroxyl groups excluding tert-OH is 1. The van der Waals surface area contributed by atoms with Crippen LogP contribution in [0.25, 0.3) is 0 Å². The highest BCUT2D eigenvalue weighted by atomic mass is 16.5. The lowest BCUT2D eigenvalue weighted by molar-refractivity contribution is -0.124. The molecule has 2 N–H and O–H groups in total. The van der Waals surface area contributed by atoms with Gasteiger partial charge in [-0.3, -0.25) is 10.1 Å². The van der Waals surface area contributed by atoms with E-state index in [2.05, 4.69) is 10.5 Å². The average Bonchev–Trinajstić information content (AvgIpc) is 2.86. The topological polar surface area (TPSA) is 75.4 Å². The van der Waals surface area contributed by atoms with E-state index in [4.69, 9.17) is 4.52 Å². The fourth-order valence-electron chi connectivity index (χ4n) is 2.48. The minimum Gasteiger partial charge on any atom is -0.395 e. The molecule has 124 valence electrons. The van der Waals surface area contributed by atoms with E-state index in [-0.39, 0.29) is 12.5 Å². The van der Waals surface area contributed by atoms with Crippen LogP contribution in [0, 0.1) is 11.3 Å². The number of hydrogen-bond acceptors (Lipinski definition) is 4. The van der Waals surface area contributed by atoms with Crippen molar-refractivity contribution >= 4 is 11.8 Å². The van der Waals surface area contributed by atoms with Gasteiger partial charge in [-0.1, -0.05) is 52.1 Å². The number of aliphatic hydroxyl groups is 1. The van der Waals surface area contributed by atoms with Gasteiger partial charge < -0.3 is 9.63 Å². The van der Waals surface area contributed by atoms with Crippen LogP contribution in [0.5, 0.6) is 0 Å². The molecule has 0 radical (unpaired) electrons. The van der Waals surface area contributed by atoms with Crippen LogP contribution < -0.4 is 5.32 Å². The largest absolute Gasteiger partial charge is 0.395 e. The van der Waals surface area contributed by atoms with E-state index >= 15 is 0 Å². The normalized spacial score (nSPS) is 16.4. The summed E-state index contributed by atoms with van der Waals surface area (Å²) in [5.74, 6) is 1.10. The van der Waals surface area contributed by atoms with E-state index in [0.717, 1.165) is 18.8 Å². The Morgan fingerprint density at radius 3 is 2.64 bits per heavy atom. The molecule has 2 rings (SSSR count). The Morgan fingerprint density at radius 2 is 2.09 bits per heavy atom. The van der Waals surface area contributed by atoms with Crippen molar-refractivity contribution in [3.63, 3.8) is 0 Å². The number of amides is 1. The molecule has 0 aliphatic heterocycles. The Kier molecular flexibility index (Phi) is 4.95. The van der Waals surface area contributed by atoms with Crippen molar-refractivity contribution in [3.8, 4) is 0 Å². The van der Waals surface area contributed by atoms with Crippen LogP contribution in [-0.4, -0.2) is 22.8 Å². The zero-order valence-electron chi connectivity index (χ0n) is 14.1. The number of anilines is 1. The SMILES string of the molecule is CC(C)(CCC1CCC1)C(=O)Nc1cc(C(C)(C)CO)no1. The molecule has 1 amide bonds. The summed E-state index contributed by atoms with van der Waals surface area (Å²) < 4.78 is 5.18. The van der Waals surface area contributed by atoms with E-state index in [0.29, 0.717) is 11.6 Å². The molecule has 1 fully saturated rings. The van der Waals surface area contributed by atoms with Gasteiger partial charge in [-0.15, -0.1) is 0 Å². The van der Waals surface area contributed by atoms with Gasteiger partial charge in [0.05, 0.1) is 12.3 Å². The summed E-state index contributed by atoms with van der Waals surface area (Å²) in [6.07, 6.45) is 5.93. The number of carbonyl (C=O) groups is 1. The fraction of sp³-hybridized carbons (Fsp3) is 0.765. The molecular formula is C17H28N2O3. The monoisotopic (exact) mass is 308 g/mol. The third kappa shape index (κ3) is 3.88. The Bertz CT molecular complexity index is 516. The molecule has 0 saturated heterocycles. The molecule has 1 aromatic rings. The quantitative estimate of drug-likeness (QED) is 0.808. The van der Waals surface area contributed by atoms with E-state index in [1.54, 1.807) is 6.07 Å². The van der Waals surface area contributed by atoms with Crippen LogP contribution in [-0.2, 0) is 10.2 Å². The van der Waals surface area contributed by atoms with Crippen molar-refractivity contribution in [1.29, 1.82) is 0 Å². The first-order valence-electron chi connectivity index (χ1n) is 8.14. The molecule has 1 aromatic heterocycles. The average molecular weight is 308 g/mol. The van der Waals surface area contributed by atoms with Crippen molar-refractivity contribution in [3.05, 3.63) is 11.8 Å². The number of nitrogens with one attached hydrogen (secondary N) is 1. The molecular weight excluding hydrogens is 280 g/mol. The number of rotatable bonds is 7. The first-order chi connectivity index (χ1) is 10.2. The lowest BCUT2D eigenvalue weighted by Crippen LogP contribution is -2.31. The Hall–Kier alpha value is -1.36. The molecule has 0 unspecified atom stereocenters. The Morgan fingerprint density at radius 1 is 1.41 bits per heavy atom. The second kappa shape index (κ2) is 6.41. The van der Waals surface area contributed by atoms with Crippen LogP contribution in [0.15, 0.2) is 10.6 Å². The maximum Gasteiger partial charge on any atom is 0.232 e. The number of nitrogens with zero attached hydrogens (tertiary/aromatic N) is 1. The summed E-state index contributed by atoms with van der Waals surface area (Å²) >= 11 is 0. The summed E-state index contributed by atoms with van der Waals surface area (Å²) in [5.41, 5.74) is -0.265. The van der Waals surface area contributed by atoms with Gasteiger partial charge in [0.15, 0.2) is 0 Å². The molecule has 5 heteroatoms. The van der Waals surface area contributed by atoms with Gasteiger partial charge in [-0.05, 0) is 18.8 Å². The van der Waals surface area contributed by atoms with Gasteiger partial charge in [0.2, 0.25) is 11.8 Å². The third-order valence-corrected chi connectivity index (χ3v) is 4.85. The van der Waals surface area contributed by atoms with Crippen LogP contribution >= 0.6 is 0 Å². The van der Waals surface area contributed by atoms with Crippen LogP contribution in [0.4, 0.5) is 5.88 Å². The smallest absolute Gasteiger partial charge is 0.232 e. The van der Waals surface area contributed by atoms with Crippen molar-refractivity contribution in [1.82, 2.24) is 5.16 Å². The predicted molar refractivity (Wildman–Crippen MR) is 85.6 cm³/mol. The predicted octanol–water partition coefficient (Wildman–Crippen LogP) is 3.49. The minimum atomic E-state index is -0.480. The highest BCUT2D eigenvalue weighted by Gasteiger charge is 2.31. The van der Waals surface area contributed by atoms with Crippen LogP contribution in [0.3, 0.4) is 0 Å². The molecule has 5 nitrogen and oxygen atoms in total. The zero-order chi connectivity index (χ0) is 16.4. The van der Waals surface area contributed by atoms with Gasteiger partial charge in [0.1, 0.15) is 0 Å². The molecule has 1 saturated carbocycles. The van der Waals surface area contributed by atoms with Gasteiger partial charge in [0, 0.05) is 16.9 Å². The molecule has 0 bridgehead atoms. The van der Waals surface area contributed by atoms with Crippen molar-refractivity contribution in [2.45, 2.75) is 65.2 Å². The molecule has 0 aromatic carbocycles. The van der Waals surface area contributed by atoms with Gasteiger partial charge in [-0.2, -0.15) is 0 Å². The van der Waals surface area contributed by atoms with E-state index in [1.807, 2.05) is 27.7 Å². The second-order valence-corrected chi connectivity index (χ2v) is 7.79. The first kappa shape index (κ1) is 17.0. The third-order valence-electron chi connectivity index (χ3n) is 4.85. The number of carbonyl (C=O) groups excluding carboxylic acids is 1. The van der Waals surface area contributed by atoms with Gasteiger partial charge in [0.25, 0.3) is 0 Å². The zero-order valence-corrected chi connectivity index (χ0v) is 14.1. The second-order valence-electron chi connectivity index (χ2n) is 7.79. The summed E-state index contributed by atoms with van der Waals surface area (Å²) in [6.45, 7) is 7.66. The molecule has 0 spiro atoms. The van der Waals surface area contributed by atoms with Crippen molar-refractivity contribution in [2.24, 2.45) is 11.3 Å². The molecule has 22 heavy (non-hydrogen) atoms. The standard InChI is InChI=1S/C17H28N2O3/c1-16(2,9-8-12-6-5-7-12)15(21)18-14-10-13(19-22-14)17(3,4)11-20/h10,12,20H,5-9,11H2,1-4H3,(H,18,21). The summed E-state index contributed by atoms with van der Waals surface area (Å²) in [7, 11) is 0. The summed E-state index contributed by atoms with van der Waals surface area (Å²) in [4.78, 5) is 12.4. The fourth-order valence-corrected chi connectivity index (χ4v) is 2.48.